The summed E-state index contributed by atoms with van der Waals surface area (Å²) in [5.41, 5.74) is -2.12. The normalized spacial score (nSPS) is 28.0. The van der Waals surface area contributed by atoms with Crippen LogP contribution in [0.4, 0.5) is 4.79 Å². The fourth-order valence-corrected chi connectivity index (χ4v) is 9.63. The van der Waals surface area contributed by atoms with E-state index in [-0.39, 0.29) is 90.0 Å². The molecule has 3 aliphatic rings. The molecule has 86 heavy (non-hydrogen) atoms. The van der Waals surface area contributed by atoms with Crippen LogP contribution >= 0.6 is 0 Å². The molecule has 0 aliphatic carbocycles. The standard InChI is InChI=1S/C51H79N11O24/c1-27-18-57(49(76)61(43(27)73)13-16-79-45-39(71)37(69)34(66)31(22-63)83-45)9-6-11-59-20-29(53-55-59)25-81-41-36(68)33(24-65)85-47(78-15-8-52-48(75)86-51(3,4)5)42(41)82-26-30-21-60(56-54-30)12-7-10-58-19-28(2)44(74)62(50(58)77)14-17-80-46-40(72)38(70)35(67)32(23-64)84-46/h18-21,31-42,45-47,63-72H,6-17,22-26H2,1-5H3,(H,52,75)/t31-,32-,33-,34-,35-,36-,37+,38+,39+,40+,41+,42+,45+,46+,47+/m1/s1. The number of carbonyl (C=O) groups is 1. The molecule has 1 amide bonds. The Labute approximate surface area is 489 Å². The lowest BCUT2D eigenvalue weighted by molar-refractivity contribution is -0.319. The molecule has 0 spiro atoms. The molecule has 35 heteroatoms. The molecule has 4 aromatic rings. The Bertz CT molecular complexity index is 3050. The lowest BCUT2D eigenvalue weighted by Gasteiger charge is -2.43. The average molecular weight is 1230 g/mol. The second-order valence-corrected chi connectivity index (χ2v) is 21.8. The van der Waals surface area contributed by atoms with Crippen molar-refractivity contribution in [1.29, 1.82) is 0 Å². The summed E-state index contributed by atoms with van der Waals surface area (Å²) in [5, 5.41) is 121. The largest absolute Gasteiger partial charge is 0.444 e. The van der Waals surface area contributed by atoms with Crippen molar-refractivity contribution in [3.8, 4) is 0 Å². The Balaban J connectivity index is 0.955. The molecule has 4 aromatic heterocycles. The molecule has 11 N–H and O–H groups in total. The van der Waals surface area contributed by atoms with Gasteiger partial charge in [-0.2, -0.15) is 0 Å². The zero-order chi connectivity index (χ0) is 62.6. The molecule has 35 nitrogen and oxygen atoms in total. The molecule has 482 valence electrons. The molecule has 0 aromatic carbocycles. The highest BCUT2D eigenvalue weighted by Crippen LogP contribution is 2.29. The second-order valence-electron chi connectivity index (χ2n) is 21.8. The number of amides is 1. The number of hydrogen-bond donors (Lipinski definition) is 11. The zero-order valence-electron chi connectivity index (χ0n) is 48.2. The molecule has 0 unspecified atom stereocenters. The van der Waals surface area contributed by atoms with Crippen LogP contribution in [0.3, 0.4) is 0 Å². The van der Waals surface area contributed by atoms with Crippen LogP contribution in [0.2, 0.25) is 0 Å². The van der Waals surface area contributed by atoms with Gasteiger partial charge in [-0.05, 0) is 47.5 Å². The van der Waals surface area contributed by atoms with E-state index in [2.05, 4.69) is 25.9 Å². The molecule has 0 bridgehead atoms. The smallest absolute Gasteiger partial charge is 0.407 e. The fraction of sp³-hybridized carbons (Fsp3) is 0.745. The van der Waals surface area contributed by atoms with Gasteiger partial charge in [-0.25, -0.2) is 14.4 Å². The molecular formula is C51H79N11O24. The predicted molar refractivity (Wildman–Crippen MR) is 287 cm³/mol. The Kier molecular flexibility index (Phi) is 24.3. The predicted octanol–water partition coefficient (Wildman–Crippen LogP) is -6.96. The molecule has 0 saturated carbocycles. The van der Waals surface area contributed by atoms with Crippen molar-refractivity contribution in [2.75, 3.05) is 46.2 Å². The number of rotatable bonds is 29. The van der Waals surface area contributed by atoms with Crippen LogP contribution in [0.1, 0.15) is 56.1 Å². The first-order valence-electron chi connectivity index (χ1n) is 27.9. The van der Waals surface area contributed by atoms with Gasteiger partial charge in [0.15, 0.2) is 18.9 Å². The maximum Gasteiger partial charge on any atom is 0.407 e. The van der Waals surface area contributed by atoms with Crippen molar-refractivity contribution < 1.29 is 98.5 Å². The lowest BCUT2D eigenvalue weighted by atomic mass is 9.98. The van der Waals surface area contributed by atoms with E-state index >= 15 is 0 Å². The molecule has 15 atom stereocenters. The van der Waals surface area contributed by atoms with Gasteiger partial charge in [-0.1, -0.05) is 10.4 Å². The van der Waals surface area contributed by atoms with Gasteiger partial charge in [0.25, 0.3) is 11.1 Å². The molecule has 3 aliphatic heterocycles. The average Bonchev–Trinajstić information content (AvgIpc) is 3.66. The Morgan fingerprint density at radius 3 is 1.40 bits per heavy atom. The molecular weight excluding hydrogens is 1150 g/mol. The Hall–Kier alpha value is -5.81. The van der Waals surface area contributed by atoms with Gasteiger partial charge in [-0.15, -0.1) is 10.2 Å². The fourth-order valence-electron chi connectivity index (χ4n) is 9.63. The Morgan fingerprint density at radius 2 is 0.953 bits per heavy atom. The maximum atomic E-state index is 13.5. The zero-order valence-corrected chi connectivity index (χ0v) is 48.2. The number of nitrogens with one attached hydrogen (secondary N) is 1. The summed E-state index contributed by atoms with van der Waals surface area (Å²) in [7, 11) is 0. The second kappa shape index (κ2) is 30.9. The highest BCUT2D eigenvalue weighted by Gasteiger charge is 2.48. The van der Waals surface area contributed by atoms with Crippen LogP contribution in [-0.2, 0) is 95.1 Å². The van der Waals surface area contributed by atoms with Crippen molar-refractivity contribution in [2.24, 2.45) is 0 Å². The quantitative estimate of drug-likeness (QED) is 0.0225. The summed E-state index contributed by atoms with van der Waals surface area (Å²) in [6, 6.07) is 0. The SMILES string of the molecule is Cc1cn(CCCn2cc(CO[C@@H]3[C@@H](OCCNC(=O)OC(C)(C)C)O[C@H](CO)[C@@H](O)[C@@H]3OCc3cn(CCCn4cc(C)c(=O)n(CCO[C@H]5O[C@H](CO)[C@@H](O)[C@H](O)[C@@H]5O)c4=O)nn3)nn2)c(=O)n(CCO[C@H]2O[C@H](CO)[C@@H](O)[C@H](O)[C@@H]2O)c1=O. The maximum absolute atomic E-state index is 13.5. The van der Waals surface area contributed by atoms with E-state index in [1.54, 1.807) is 33.2 Å². The number of aromatic nitrogens is 10. The number of aliphatic hydroxyl groups is 10. The van der Waals surface area contributed by atoms with Crippen molar-refractivity contribution in [3.63, 3.8) is 0 Å². The summed E-state index contributed by atoms with van der Waals surface area (Å²) < 4.78 is 59.1. The third-order valence-corrected chi connectivity index (χ3v) is 14.2. The van der Waals surface area contributed by atoms with E-state index in [0.717, 1.165) is 9.13 Å². The highest BCUT2D eigenvalue weighted by atomic mass is 16.7. The third-order valence-electron chi connectivity index (χ3n) is 14.2. The van der Waals surface area contributed by atoms with Gasteiger partial charge >= 0.3 is 17.5 Å². The van der Waals surface area contributed by atoms with Gasteiger partial charge in [0.2, 0.25) is 0 Å². The third kappa shape index (κ3) is 17.3. The first-order valence-corrected chi connectivity index (χ1v) is 27.9. The van der Waals surface area contributed by atoms with Crippen molar-refractivity contribution in [1.82, 2.24) is 53.6 Å². The first kappa shape index (κ1) is 67.7. The van der Waals surface area contributed by atoms with Crippen LogP contribution in [0.25, 0.3) is 0 Å². The van der Waals surface area contributed by atoms with Gasteiger partial charge in [-0.3, -0.25) is 28.1 Å². The van der Waals surface area contributed by atoms with Crippen LogP contribution in [0, 0.1) is 13.8 Å². The number of hydrogen-bond acceptors (Lipinski definition) is 28. The number of aliphatic hydroxyl groups excluding tert-OH is 10. The van der Waals surface area contributed by atoms with E-state index in [9.17, 15) is 75.0 Å². The number of alkyl carbamates (subject to hydrolysis) is 1. The highest BCUT2D eigenvalue weighted by molar-refractivity contribution is 5.67. The van der Waals surface area contributed by atoms with Gasteiger partial charge in [0, 0.05) is 56.2 Å². The Morgan fingerprint density at radius 1 is 0.535 bits per heavy atom. The monoisotopic (exact) mass is 1230 g/mol. The molecule has 7 rings (SSSR count). The minimum atomic E-state index is -1.67. The van der Waals surface area contributed by atoms with E-state index in [0.29, 0.717) is 24.2 Å². The number of ether oxygens (including phenoxy) is 9. The minimum Gasteiger partial charge on any atom is -0.444 e. The minimum absolute atomic E-state index is 0.0366. The summed E-state index contributed by atoms with van der Waals surface area (Å²) in [5.74, 6) is 0. The van der Waals surface area contributed by atoms with Crippen LogP contribution < -0.4 is 27.8 Å². The van der Waals surface area contributed by atoms with Gasteiger partial charge in [0.1, 0.15) is 90.2 Å². The van der Waals surface area contributed by atoms with Crippen molar-refractivity contribution in [3.05, 3.63) is 89.0 Å². The van der Waals surface area contributed by atoms with Gasteiger partial charge in [0.05, 0.1) is 78.3 Å². The summed E-state index contributed by atoms with van der Waals surface area (Å²) in [6.07, 6.45) is -15.7. The van der Waals surface area contributed by atoms with Crippen LogP contribution in [0.5, 0.6) is 0 Å². The van der Waals surface area contributed by atoms with E-state index in [4.69, 9.17) is 42.6 Å². The number of aryl methyl sites for hydroxylation is 6. The number of nitrogens with zero attached hydrogens (tertiary/aromatic N) is 10. The van der Waals surface area contributed by atoms with Crippen LogP contribution in [-0.4, -0.2) is 249 Å². The summed E-state index contributed by atoms with van der Waals surface area (Å²) in [4.78, 5) is 65.3. The molecule has 7 heterocycles. The summed E-state index contributed by atoms with van der Waals surface area (Å²) in [6.45, 7) is 5.15. The topological polar surface area (TPSA) is 464 Å². The van der Waals surface area contributed by atoms with Crippen molar-refractivity contribution >= 4 is 6.09 Å². The van der Waals surface area contributed by atoms with Crippen LogP contribution in [0.15, 0.2) is 44.0 Å². The van der Waals surface area contributed by atoms with Crippen molar-refractivity contribution in [2.45, 2.75) is 198 Å². The summed E-state index contributed by atoms with van der Waals surface area (Å²) >= 11 is 0. The van der Waals surface area contributed by atoms with E-state index < -0.39 is 146 Å². The number of carbonyl (C=O) groups excluding carboxylic acids is 1. The molecule has 3 fully saturated rings. The first-order chi connectivity index (χ1) is 40.9. The van der Waals surface area contributed by atoms with E-state index in [1.165, 1.54) is 44.7 Å². The molecule has 3 saturated heterocycles. The van der Waals surface area contributed by atoms with E-state index in [1.807, 2.05) is 0 Å². The lowest BCUT2D eigenvalue weighted by Crippen LogP contribution is -2.61. The molecule has 0 radical (unpaired) electrons. The van der Waals surface area contributed by atoms with Gasteiger partial charge < -0.3 is 108 Å².